The summed E-state index contributed by atoms with van der Waals surface area (Å²) < 4.78 is 5.18. The predicted molar refractivity (Wildman–Crippen MR) is 113 cm³/mol. The molecule has 2 aliphatic carbocycles. The van der Waals surface area contributed by atoms with E-state index in [0.29, 0.717) is 38.6 Å². The van der Waals surface area contributed by atoms with Gasteiger partial charge in [0.25, 0.3) is 0 Å². The second-order valence-electron chi connectivity index (χ2n) is 9.04. The molecule has 0 radical (unpaired) electrons. The number of amides is 3. The molecule has 2 fully saturated rings. The number of allylic oxidation sites excluding steroid dienone is 2. The van der Waals surface area contributed by atoms with Gasteiger partial charge in [0.15, 0.2) is 5.96 Å². The largest absolute Gasteiger partial charge is 0.444 e. The van der Waals surface area contributed by atoms with Crippen LogP contribution in [0.25, 0.3) is 0 Å². The smallest absolute Gasteiger partial charge is 0.407 e. The molecule has 3 amide bonds. The van der Waals surface area contributed by atoms with Crippen molar-refractivity contribution in [3.05, 3.63) is 12.2 Å². The van der Waals surface area contributed by atoms with Crippen molar-refractivity contribution in [3.63, 3.8) is 0 Å². The van der Waals surface area contributed by atoms with Crippen LogP contribution >= 0.6 is 0 Å². The summed E-state index contributed by atoms with van der Waals surface area (Å²) in [5, 5.41) is 8.99. The minimum Gasteiger partial charge on any atom is -0.444 e. The van der Waals surface area contributed by atoms with Gasteiger partial charge in [0.2, 0.25) is 11.8 Å². The SMILES string of the molecule is CN=C(NCCCNC(=O)OC(C)(C)C)NCCN1C(=O)C2C3C=CC(C3)C2C1=O. The van der Waals surface area contributed by atoms with Crippen molar-refractivity contribution >= 4 is 23.9 Å². The Kier molecular flexibility index (Phi) is 6.67. The van der Waals surface area contributed by atoms with E-state index in [1.807, 2.05) is 20.8 Å². The second-order valence-corrected chi connectivity index (χ2v) is 9.04. The van der Waals surface area contributed by atoms with Gasteiger partial charge in [0.1, 0.15) is 5.60 Å². The number of alkyl carbamates (subject to hydrolysis) is 1. The van der Waals surface area contributed by atoms with Crippen LogP contribution < -0.4 is 16.0 Å². The van der Waals surface area contributed by atoms with Gasteiger partial charge in [-0.1, -0.05) is 12.2 Å². The van der Waals surface area contributed by atoms with Gasteiger partial charge >= 0.3 is 6.09 Å². The summed E-state index contributed by atoms with van der Waals surface area (Å²) in [6.45, 7) is 7.33. The molecule has 1 saturated heterocycles. The van der Waals surface area contributed by atoms with Crippen molar-refractivity contribution < 1.29 is 19.1 Å². The summed E-state index contributed by atoms with van der Waals surface area (Å²) in [5.41, 5.74) is -0.513. The molecule has 4 atom stereocenters. The van der Waals surface area contributed by atoms with Gasteiger partial charge < -0.3 is 20.7 Å². The molecular formula is C21H33N5O4. The van der Waals surface area contributed by atoms with E-state index in [2.05, 4.69) is 33.1 Å². The number of hydrogen-bond donors (Lipinski definition) is 3. The number of nitrogens with one attached hydrogen (secondary N) is 3. The van der Waals surface area contributed by atoms with E-state index in [0.717, 1.165) is 6.42 Å². The Labute approximate surface area is 177 Å². The lowest BCUT2D eigenvalue weighted by atomic mass is 9.85. The highest BCUT2D eigenvalue weighted by Gasteiger charge is 2.58. The third kappa shape index (κ3) is 4.94. The number of fused-ring (bicyclic) bond motifs is 5. The molecule has 3 N–H and O–H groups in total. The first-order valence-corrected chi connectivity index (χ1v) is 10.7. The average molecular weight is 420 g/mol. The van der Waals surface area contributed by atoms with Crippen LogP contribution in [0, 0.1) is 23.7 Å². The zero-order chi connectivity index (χ0) is 21.9. The van der Waals surface area contributed by atoms with Crippen molar-refractivity contribution in [2.45, 2.75) is 39.2 Å². The maximum atomic E-state index is 12.7. The molecule has 0 aromatic heterocycles. The maximum Gasteiger partial charge on any atom is 0.407 e. The highest BCUT2D eigenvalue weighted by Crippen LogP contribution is 2.52. The predicted octanol–water partition coefficient (Wildman–Crippen LogP) is 0.873. The molecule has 0 spiro atoms. The molecule has 0 aromatic carbocycles. The molecule has 30 heavy (non-hydrogen) atoms. The van der Waals surface area contributed by atoms with Crippen LogP contribution in [0.4, 0.5) is 4.79 Å². The average Bonchev–Trinajstić information content (AvgIpc) is 3.34. The number of rotatable bonds is 7. The van der Waals surface area contributed by atoms with Crippen LogP contribution in [0.5, 0.6) is 0 Å². The molecule has 0 aromatic rings. The number of likely N-dealkylation sites (tertiary alicyclic amines) is 1. The second kappa shape index (κ2) is 9.06. The van der Waals surface area contributed by atoms with Crippen LogP contribution in [-0.4, -0.2) is 67.6 Å². The molecular weight excluding hydrogens is 386 g/mol. The number of imide groups is 1. The first-order chi connectivity index (χ1) is 14.2. The summed E-state index contributed by atoms with van der Waals surface area (Å²) in [7, 11) is 1.66. The quantitative estimate of drug-likeness (QED) is 0.186. The van der Waals surface area contributed by atoms with Crippen molar-refractivity contribution in [3.8, 4) is 0 Å². The fourth-order valence-electron chi connectivity index (χ4n) is 4.49. The molecule has 1 heterocycles. The van der Waals surface area contributed by atoms with E-state index < -0.39 is 11.7 Å². The number of carbonyl (C=O) groups is 3. The lowest BCUT2D eigenvalue weighted by Gasteiger charge is -2.20. The van der Waals surface area contributed by atoms with Gasteiger partial charge in [-0.15, -0.1) is 0 Å². The fourth-order valence-corrected chi connectivity index (χ4v) is 4.49. The highest BCUT2D eigenvalue weighted by molar-refractivity contribution is 6.06. The van der Waals surface area contributed by atoms with E-state index in [1.54, 1.807) is 7.05 Å². The number of nitrogens with zero attached hydrogens (tertiary/aromatic N) is 2. The topological polar surface area (TPSA) is 112 Å². The fraction of sp³-hybridized carbons (Fsp3) is 0.714. The summed E-state index contributed by atoms with van der Waals surface area (Å²) in [5.74, 6) is 0.703. The molecule has 3 rings (SSSR count). The number of ether oxygens (including phenoxy) is 1. The molecule has 9 nitrogen and oxygen atoms in total. The summed E-state index contributed by atoms with van der Waals surface area (Å²) in [4.78, 5) is 42.5. The minimum absolute atomic E-state index is 0.0280. The Balaban J connectivity index is 1.32. The summed E-state index contributed by atoms with van der Waals surface area (Å²) >= 11 is 0. The van der Waals surface area contributed by atoms with E-state index in [4.69, 9.17) is 4.74 Å². The van der Waals surface area contributed by atoms with Crippen molar-refractivity contribution in [2.75, 3.05) is 33.2 Å². The lowest BCUT2D eigenvalue weighted by molar-refractivity contribution is -0.140. The first kappa shape index (κ1) is 22.1. The normalized spacial score (nSPS) is 27.5. The van der Waals surface area contributed by atoms with Gasteiger partial charge in [-0.2, -0.15) is 0 Å². The molecule has 1 saturated carbocycles. The Morgan fingerprint density at radius 2 is 1.63 bits per heavy atom. The van der Waals surface area contributed by atoms with Crippen LogP contribution in [0.3, 0.4) is 0 Å². The highest BCUT2D eigenvalue weighted by atomic mass is 16.6. The Morgan fingerprint density at radius 3 is 2.20 bits per heavy atom. The number of hydrogen-bond acceptors (Lipinski definition) is 5. The first-order valence-electron chi connectivity index (χ1n) is 10.7. The number of aliphatic imine (C=N–C) groups is 1. The van der Waals surface area contributed by atoms with Crippen LogP contribution in [0.15, 0.2) is 17.1 Å². The van der Waals surface area contributed by atoms with Gasteiger partial charge in [0, 0.05) is 33.2 Å². The third-order valence-electron chi connectivity index (χ3n) is 5.73. The van der Waals surface area contributed by atoms with E-state index in [1.165, 1.54) is 4.90 Å². The van der Waals surface area contributed by atoms with Gasteiger partial charge in [-0.3, -0.25) is 19.5 Å². The van der Waals surface area contributed by atoms with Gasteiger partial charge in [-0.25, -0.2) is 4.79 Å². The number of guanidine groups is 1. The van der Waals surface area contributed by atoms with Crippen LogP contribution in [0.1, 0.15) is 33.6 Å². The number of carbonyl (C=O) groups excluding carboxylic acids is 3. The maximum absolute atomic E-state index is 12.7. The van der Waals surface area contributed by atoms with E-state index in [-0.39, 0.29) is 35.5 Å². The molecule has 3 aliphatic rings. The van der Waals surface area contributed by atoms with Crippen molar-refractivity contribution in [2.24, 2.45) is 28.7 Å². The van der Waals surface area contributed by atoms with Gasteiger partial charge in [0.05, 0.1) is 11.8 Å². The zero-order valence-corrected chi connectivity index (χ0v) is 18.2. The summed E-state index contributed by atoms with van der Waals surface area (Å²) in [6, 6.07) is 0. The molecule has 1 aliphatic heterocycles. The molecule has 166 valence electrons. The standard InChI is InChI=1S/C21H33N5O4/c1-21(2,3)30-20(29)25-9-5-8-23-19(22-4)24-10-11-26-17(27)15-13-6-7-14(12-13)16(15)18(26)28/h6-7,13-16H,5,8-12H2,1-4H3,(H,25,29)(H2,22,23,24). The molecule has 4 unspecified atom stereocenters. The molecule has 9 heteroatoms. The van der Waals surface area contributed by atoms with Crippen LogP contribution in [-0.2, 0) is 14.3 Å². The minimum atomic E-state index is -0.513. The van der Waals surface area contributed by atoms with Gasteiger partial charge in [-0.05, 0) is 45.4 Å². The zero-order valence-electron chi connectivity index (χ0n) is 18.2. The third-order valence-corrected chi connectivity index (χ3v) is 5.73. The Morgan fingerprint density at radius 1 is 1.07 bits per heavy atom. The monoisotopic (exact) mass is 419 g/mol. The van der Waals surface area contributed by atoms with Crippen molar-refractivity contribution in [1.82, 2.24) is 20.9 Å². The lowest BCUT2D eigenvalue weighted by Crippen LogP contribution is -2.44. The van der Waals surface area contributed by atoms with E-state index >= 15 is 0 Å². The van der Waals surface area contributed by atoms with Crippen molar-refractivity contribution in [1.29, 1.82) is 0 Å². The molecule has 2 bridgehead atoms. The summed E-state index contributed by atoms with van der Waals surface area (Å²) in [6.07, 6.45) is 5.41. The Bertz CT molecular complexity index is 712. The van der Waals surface area contributed by atoms with Crippen LogP contribution in [0.2, 0.25) is 0 Å². The Hall–Kier alpha value is -2.58. The van der Waals surface area contributed by atoms with E-state index in [9.17, 15) is 14.4 Å².